The van der Waals surface area contributed by atoms with E-state index < -0.39 is 0 Å². The Morgan fingerprint density at radius 2 is 0.771 bits per heavy atom. The van der Waals surface area contributed by atoms with Gasteiger partial charge in [-0.15, -0.1) is 0 Å². The molecule has 7 aromatic carbocycles. The molecule has 0 bridgehead atoms. The minimum Gasteiger partial charge on any atom is -0.0622 e. The smallest absolute Gasteiger partial charge is 0.0352 e. The first-order chi connectivity index (χ1) is 17.4. The molecule has 1 aliphatic carbocycles. The summed E-state index contributed by atoms with van der Waals surface area (Å²) in [5, 5.41) is 10.6. The third-order valence-corrected chi connectivity index (χ3v) is 7.89. The molecule has 0 fully saturated rings. The van der Waals surface area contributed by atoms with Crippen LogP contribution in [-0.2, 0) is 0 Å². The number of benzene rings is 7. The molecule has 0 aliphatic heterocycles. The van der Waals surface area contributed by atoms with Crippen molar-refractivity contribution in [2.75, 3.05) is 0 Å². The molecule has 8 rings (SSSR count). The average Bonchev–Trinajstić information content (AvgIpc) is 3.27. The van der Waals surface area contributed by atoms with E-state index in [1.807, 2.05) is 0 Å². The molecule has 0 heterocycles. The second-order valence-electron chi connectivity index (χ2n) is 9.67. The Kier molecular flexibility index (Phi) is 3.81. The fraction of sp³-hybridized carbons (Fsp3) is 0.0286. The molecular weight excluding hydrogens is 420 g/mol. The molecule has 0 saturated carbocycles. The van der Waals surface area contributed by atoms with Gasteiger partial charge in [-0.2, -0.15) is 0 Å². The summed E-state index contributed by atoms with van der Waals surface area (Å²) in [5.74, 6) is 0.230. The third-order valence-electron chi connectivity index (χ3n) is 7.89. The van der Waals surface area contributed by atoms with Crippen LogP contribution in [0, 0.1) is 0 Å². The zero-order valence-electron chi connectivity index (χ0n) is 19.2. The molecule has 0 unspecified atom stereocenters. The lowest BCUT2D eigenvalue weighted by Gasteiger charge is -2.15. The molecule has 0 nitrogen and oxygen atoms in total. The lowest BCUT2D eigenvalue weighted by Crippen LogP contribution is -1.98. The van der Waals surface area contributed by atoms with E-state index in [-0.39, 0.29) is 5.92 Å². The van der Waals surface area contributed by atoms with Crippen molar-refractivity contribution in [3.63, 3.8) is 0 Å². The summed E-state index contributed by atoms with van der Waals surface area (Å²) in [4.78, 5) is 0. The van der Waals surface area contributed by atoms with Crippen LogP contribution in [0.3, 0.4) is 0 Å². The lowest BCUT2D eigenvalue weighted by molar-refractivity contribution is 1.02. The molecule has 0 atom stereocenters. The number of hydrogen-bond acceptors (Lipinski definition) is 0. The van der Waals surface area contributed by atoms with Gasteiger partial charge in [-0.1, -0.05) is 127 Å². The summed E-state index contributed by atoms with van der Waals surface area (Å²) >= 11 is 0. The quantitative estimate of drug-likeness (QED) is 0.222. The number of hydrogen-bond donors (Lipinski definition) is 0. The molecule has 0 saturated heterocycles. The highest BCUT2D eigenvalue weighted by Gasteiger charge is 2.33. The zero-order chi connectivity index (χ0) is 22.9. The second kappa shape index (κ2) is 7.04. The zero-order valence-corrected chi connectivity index (χ0v) is 19.2. The van der Waals surface area contributed by atoms with Crippen molar-refractivity contribution in [3.8, 4) is 11.1 Å². The van der Waals surface area contributed by atoms with Crippen molar-refractivity contribution < 1.29 is 0 Å². The van der Waals surface area contributed by atoms with Crippen LogP contribution < -0.4 is 0 Å². The Morgan fingerprint density at radius 3 is 1.31 bits per heavy atom. The predicted octanol–water partition coefficient (Wildman–Crippen LogP) is 9.46. The molecule has 0 N–H and O–H groups in total. The minimum atomic E-state index is 0.230. The van der Waals surface area contributed by atoms with Gasteiger partial charge < -0.3 is 0 Å². The fourth-order valence-corrected chi connectivity index (χ4v) is 6.42. The average molecular weight is 443 g/mol. The summed E-state index contributed by atoms with van der Waals surface area (Å²) in [6.07, 6.45) is 0. The molecular formula is C35H22. The van der Waals surface area contributed by atoms with E-state index in [0.717, 1.165) is 0 Å². The molecule has 0 radical (unpaired) electrons. The van der Waals surface area contributed by atoms with Crippen molar-refractivity contribution in [3.05, 3.63) is 144 Å². The first-order valence-corrected chi connectivity index (χ1v) is 12.3. The Hall–Kier alpha value is -4.42. The third kappa shape index (κ3) is 2.57. The highest BCUT2D eigenvalue weighted by atomic mass is 14.4. The van der Waals surface area contributed by atoms with Crippen molar-refractivity contribution >= 4 is 43.1 Å². The molecule has 35 heavy (non-hydrogen) atoms. The summed E-state index contributed by atoms with van der Waals surface area (Å²) in [6.45, 7) is 0. The van der Waals surface area contributed by atoms with Gasteiger partial charge in [0.25, 0.3) is 0 Å². The lowest BCUT2D eigenvalue weighted by atomic mass is 9.88. The first kappa shape index (κ1) is 18.9. The van der Waals surface area contributed by atoms with Crippen molar-refractivity contribution in [1.29, 1.82) is 0 Å². The van der Waals surface area contributed by atoms with E-state index in [9.17, 15) is 0 Å². The van der Waals surface area contributed by atoms with Crippen LogP contribution in [0.2, 0.25) is 0 Å². The minimum absolute atomic E-state index is 0.230. The molecule has 162 valence electrons. The van der Waals surface area contributed by atoms with Gasteiger partial charge in [-0.05, 0) is 70.9 Å². The van der Waals surface area contributed by atoms with Gasteiger partial charge >= 0.3 is 0 Å². The second-order valence-corrected chi connectivity index (χ2v) is 9.67. The maximum absolute atomic E-state index is 2.38. The molecule has 0 heteroatoms. The highest BCUT2D eigenvalue weighted by Crippen LogP contribution is 2.54. The highest BCUT2D eigenvalue weighted by molar-refractivity contribution is 6.23. The predicted molar refractivity (Wildman–Crippen MR) is 149 cm³/mol. The SMILES string of the molecule is c1ccc(C2c3ccc4ccc5ccccc5c4c3-c3c2ccc2ccc4ccccc4c32)cc1. The largest absolute Gasteiger partial charge is 0.0622 e. The number of rotatable bonds is 1. The van der Waals surface area contributed by atoms with Crippen LogP contribution in [0.15, 0.2) is 127 Å². The van der Waals surface area contributed by atoms with Gasteiger partial charge in [0.1, 0.15) is 0 Å². The Balaban J connectivity index is 1.64. The van der Waals surface area contributed by atoms with E-state index in [2.05, 4.69) is 127 Å². The van der Waals surface area contributed by atoms with Crippen LogP contribution in [0.4, 0.5) is 0 Å². The van der Waals surface area contributed by atoms with Gasteiger partial charge in [-0.25, -0.2) is 0 Å². The van der Waals surface area contributed by atoms with Crippen molar-refractivity contribution in [2.24, 2.45) is 0 Å². The van der Waals surface area contributed by atoms with E-state index in [4.69, 9.17) is 0 Å². The van der Waals surface area contributed by atoms with Gasteiger partial charge in [0, 0.05) is 5.92 Å². The standard InChI is InChI=1S/C35H22/c1-2-10-24(11-3-1)31-29-20-18-25-16-14-22-8-4-6-12-27(22)32(25)34(29)35-30(31)21-19-26-17-15-23-9-5-7-13-28(23)33(26)35/h1-21,31H. The van der Waals surface area contributed by atoms with Crippen molar-refractivity contribution in [2.45, 2.75) is 5.92 Å². The van der Waals surface area contributed by atoms with E-state index >= 15 is 0 Å². The maximum Gasteiger partial charge on any atom is 0.0352 e. The first-order valence-electron chi connectivity index (χ1n) is 12.3. The van der Waals surface area contributed by atoms with Gasteiger partial charge in [0.15, 0.2) is 0 Å². The summed E-state index contributed by atoms with van der Waals surface area (Å²) in [7, 11) is 0. The van der Waals surface area contributed by atoms with Crippen LogP contribution in [0.25, 0.3) is 54.2 Å². The van der Waals surface area contributed by atoms with Crippen LogP contribution >= 0.6 is 0 Å². The summed E-state index contributed by atoms with van der Waals surface area (Å²) in [5.41, 5.74) is 6.99. The van der Waals surface area contributed by atoms with Crippen molar-refractivity contribution in [1.82, 2.24) is 0 Å². The summed E-state index contributed by atoms with van der Waals surface area (Å²) in [6, 6.07) is 47.2. The fourth-order valence-electron chi connectivity index (χ4n) is 6.42. The molecule has 1 aliphatic rings. The van der Waals surface area contributed by atoms with Crippen LogP contribution in [-0.4, -0.2) is 0 Å². The van der Waals surface area contributed by atoms with E-state index in [1.165, 1.54) is 70.9 Å². The molecule has 0 aromatic heterocycles. The van der Waals surface area contributed by atoms with Gasteiger partial charge in [0.2, 0.25) is 0 Å². The number of fused-ring (bicyclic) bond motifs is 11. The molecule has 0 spiro atoms. The van der Waals surface area contributed by atoms with Crippen LogP contribution in [0.1, 0.15) is 22.6 Å². The topological polar surface area (TPSA) is 0 Å². The van der Waals surface area contributed by atoms with Crippen LogP contribution in [0.5, 0.6) is 0 Å². The Bertz CT molecular complexity index is 1820. The van der Waals surface area contributed by atoms with Gasteiger partial charge in [-0.3, -0.25) is 0 Å². The molecule has 7 aromatic rings. The van der Waals surface area contributed by atoms with Gasteiger partial charge in [0.05, 0.1) is 0 Å². The Labute approximate surface area is 204 Å². The monoisotopic (exact) mass is 442 g/mol. The van der Waals surface area contributed by atoms with E-state index in [0.29, 0.717) is 0 Å². The Morgan fingerprint density at radius 1 is 0.343 bits per heavy atom. The normalized spacial score (nSPS) is 13.0. The van der Waals surface area contributed by atoms with E-state index in [1.54, 1.807) is 0 Å². The summed E-state index contributed by atoms with van der Waals surface area (Å²) < 4.78 is 0. The molecule has 0 amide bonds. The maximum atomic E-state index is 2.38.